The smallest absolute Gasteiger partial charge is 0.410 e. The first-order valence-electron chi connectivity index (χ1n) is 22.3. The van der Waals surface area contributed by atoms with Crippen LogP contribution < -0.4 is 14.8 Å². The van der Waals surface area contributed by atoms with Crippen molar-refractivity contribution >= 4 is 33.9 Å². The summed E-state index contributed by atoms with van der Waals surface area (Å²) in [5, 5.41) is 3.59. The van der Waals surface area contributed by atoms with Gasteiger partial charge in [0.1, 0.15) is 49.2 Å². The van der Waals surface area contributed by atoms with Gasteiger partial charge in [0.2, 0.25) is 5.88 Å². The Balaban J connectivity index is 0.918. The Kier molecular flexibility index (Phi) is 12.9. The molecule has 344 valence electrons. The fourth-order valence-corrected chi connectivity index (χ4v) is 9.69. The van der Waals surface area contributed by atoms with Gasteiger partial charge in [0.25, 0.3) is 0 Å². The number of amides is 2. The van der Waals surface area contributed by atoms with Crippen LogP contribution in [0.15, 0.2) is 97.2 Å². The van der Waals surface area contributed by atoms with E-state index in [9.17, 15) is 18.4 Å². The van der Waals surface area contributed by atoms with Gasteiger partial charge in [-0.3, -0.25) is 9.88 Å². The third kappa shape index (κ3) is 9.69. The summed E-state index contributed by atoms with van der Waals surface area (Å²) in [6.07, 6.45) is 0.150. The molecule has 12 nitrogen and oxygen atoms in total. The van der Waals surface area contributed by atoms with E-state index < -0.39 is 47.2 Å². The molecule has 4 atom stereocenters. The van der Waals surface area contributed by atoms with Gasteiger partial charge < -0.3 is 29.2 Å². The van der Waals surface area contributed by atoms with Crippen LogP contribution in [-0.4, -0.2) is 99.8 Å². The number of aryl methyl sites for hydroxylation is 1. The molecule has 16 heteroatoms. The average Bonchev–Trinajstić information content (AvgIpc) is 3.84. The number of ether oxygens (including phenoxy) is 4. The molecule has 9 rings (SSSR count). The van der Waals surface area contributed by atoms with Gasteiger partial charge in [-0.15, -0.1) is 0 Å². The van der Waals surface area contributed by atoms with Gasteiger partial charge in [0, 0.05) is 43.1 Å². The highest BCUT2D eigenvalue weighted by Crippen LogP contribution is 2.41. The largest absolute Gasteiger partial charge is 0.472 e. The number of pyridine rings is 1. The molecule has 1 N–H and O–H groups in total. The van der Waals surface area contributed by atoms with Crippen LogP contribution in [0.25, 0.3) is 32.9 Å². The van der Waals surface area contributed by atoms with E-state index in [4.69, 9.17) is 18.9 Å². The summed E-state index contributed by atoms with van der Waals surface area (Å²) >= 11 is 0. The SMILES string of the molecule is C[C@@]1(NC(=O)OCCCc2cccc3c(F)ccc(-c4ncc5c(OCc6ccccc6)nc(OC[C@@]67CCCN6C[C@H](F)C7)nc5c4F)c23)C[C@@H](F)CN(C(=O)OCc2ccccc2)C1. The number of rotatable bonds is 14. The lowest BCUT2D eigenvalue weighted by molar-refractivity contribution is 0.0385. The maximum Gasteiger partial charge on any atom is 0.410 e. The van der Waals surface area contributed by atoms with Crippen LogP contribution in [0.4, 0.5) is 27.2 Å². The highest BCUT2D eigenvalue weighted by atomic mass is 19.1. The number of nitrogens with one attached hydrogen (secondary N) is 1. The lowest BCUT2D eigenvalue weighted by atomic mass is 9.90. The van der Waals surface area contributed by atoms with E-state index in [0.717, 1.165) is 30.5 Å². The number of benzene rings is 4. The van der Waals surface area contributed by atoms with Gasteiger partial charge in [-0.1, -0.05) is 78.9 Å². The van der Waals surface area contributed by atoms with Crippen LogP contribution in [0.5, 0.6) is 11.9 Å². The second-order valence-corrected chi connectivity index (χ2v) is 17.7. The van der Waals surface area contributed by atoms with Crippen LogP contribution in [0, 0.1) is 11.6 Å². The van der Waals surface area contributed by atoms with E-state index in [-0.39, 0.29) is 79.8 Å². The summed E-state index contributed by atoms with van der Waals surface area (Å²) in [6.45, 7) is 2.82. The number of piperidine rings is 1. The minimum absolute atomic E-state index is 0.0164. The number of carbonyl (C=O) groups is 2. The summed E-state index contributed by atoms with van der Waals surface area (Å²) in [6, 6.07) is 26.2. The standard InChI is InChI=1S/C50H50F4N6O6/c1-49(23-35(51)26-59(30-49)48(62)65-29-33-13-6-3-7-14-33)58-47(61)63-22-9-16-34-15-8-17-37-40(53)19-18-38(41(34)37)43-42(54)44-39(25-55-43)45(64-28-32-11-4-2-5-12-32)57-46(56-44)66-31-50-20-10-21-60(50)27-36(52)24-50/h2-8,11-15,17-19,25,35-36H,9-10,16,20-24,26-31H2,1H3,(H,58,61)/t35-,36-,49-,50+/m1/s1. The van der Waals surface area contributed by atoms with Gasteiger partial charge in [-0.05, 0) is 73.4 Å². The van der Waals surface area contributed by atoms with E-state index in [1.54, 1.807) is 25.1 Å². The zero-order valence-corrected chi connectivity index (χ0v) is 36.5. The van der Waals surface area contributed by atoms with Crippen molar-refractivity contribution in [1.82, 2.24) is 30.1 Å². The molecule has 5 heterocycles. The van der Waals surface area contributed by atoms with Crippen LogP contribution in [0.2, 0.25) is 0 Å². The first-order valence-corrected chi connectivity index (χ1v) is 22.3. The molecular formula is C50H50F4N6O6. The molecule has 3 fully saturated rings. The molecule has 0 unspecified atom stereocenters. The van der Waals surface area contributed by atoms with Gasteiger partial charge in [0.05, 0.1) is 29.6 Å². The Hall–Kier alpha value is -6.55. The number of alkyl carbamates (subject to hydrolysis) is 1. The van der Waals surface area contributed by atoms with E-state index in [1.807, 2.05) is 60.7 Å². The van der Waals surface area contributed by atoms with Gasteiger partial charge in [-0.25, -0.2) is 27.2 Å². The number of nitrogens with zero attached hydrogens (tertiary/aromatic N) is 5. The molecule has 0 aliphatic carbocycles. The number of halogens is 4. The van der Waals surface area contributed by atoms with Crippen molar-refractivity contribution in [2.75, 3.05) is 39.4 Å². The van der Waals surface area contributed by atoms with Crippen molar-refractivity contribution in [3.63, 3.8) is 0 Å². The third-order valence-electron chi connectivity index (χ3n) is 12.7. The number of hydrogen-bond donors (Lipinski definition) is 1. The summed E-state index contributed by atoms with van der Waals surface area (Å²) in [4.78, 5) is 42.9. The molecule has 3 aliphatic heterocycles. The second-order valence-electron chi connectivity index (χ2n) is 17.7. The topological polar surface area (TPSA) is 128 Å². The zero-order valence-electron chi connectivity index (χ0n) is 36.5. The number of aromatic nitrogens is 3. The number of carbonyl (C=O) groups excluding carboxylic acids is 2. The summed E-state index contributed by atoms with van der Waals surface area (Å²) < 4.78 is 85.5. The first kappa shape index (κ1) is 44.6. The molecular weight excluding hydrogens is 857 g/mol. The highest BCUT2D eigenvalue weighted by Gasteiger charge is 2.49. The average molecular weight is 907 g/mol. The predicted octanol–water partition coefficient (Wildman–Crippen LogP) is 9.46. The van der Waals surface area contributed by atoms with Crippen LogP contribution in [0.1, 0.15) is 55.7 Å². The summed E-state index contributed by atoms with van der Waals surface area (Å²) in [7, 11) is 0. The van der Waals surface area contributed by atoms with Gasteiger partial charge in [0.15, 0.2) is 5.82 Å². The zero-order chi connectivity index (χ0) is 45.8. The fraction of sp³-hybridized carbons (Fsp3) is 0.380. The maximum atomic E-state index is 17.1. The molecule has 3 saturated heterocycles. The predicted molar refractivity (Wildman–Crippen MR) is 238 cm³/mol. The molecule has 3 aliphatic rings. The Morgan fingerprint density at radius 1 is 0.833 bits per heavy atom. The van der Waals surface area contributed by atoms with E-state index in [1.165, 1.54) is 23.2 Å². The quantitative estimate of drug-likeness (QED) is 0.0834. The molecule has 2 aromatic heterocycles. The first-order chi connectivity index (χ1) is 32.0. The number of alkyl halides is 2. The van der Waals surface area contributed by atoms with E-state index in [2.05, 4.69) is 25.2 Å². The molecule has 4 aromatic carbocycles. The minimum Gasteiger partial charge on any atom is -0.472 e. The van der Waals surface area contributed by atoms with Gasteiger partial charge in [-0.2, -0.15) is 9.97 Å². The highest BCUT2D eigenvalue weighted by molar-refractivity contribution is 6.00. The van der Waals surface area contributed by atoms with Crippen molar-refractivity contribution in [3.8, 4) is 23.1 Å². The number of likely N-dealkylation sites (tertiary alicyclic amines) is 1. The van der Waals surface area contributed by atoms with Crippen LogP contribution in [0.3, 0.4) is 0 Å². The van der Waals surface area contributed by atoms with E-state index in [0.29, 0.717) is 42.3 Å². The van der Waals surface area contributed by atoms with Crippen molar-refractivity contribution in [2.24, 2.45) is 0 Å². The Morgan fingerprint density at radius 2 is 1.59 bits per heavy atom. The lowest BCUT2D eigenvalue weighted by Crippen LogP contribution is -2.61. The lowest BCUT2D eigenvalue weighted by Gasteiger charge is -2.41. The van der Waals surface area contributed by atoms with Crippen molar-refractivity contribution in [2.45, 2.75) is 82.1 Å². The Morgan fingerprint density at radius 3 is 2.38 bits per heavy atom. The number of fused-ring (bicyclic) bond motifs is 3. The van der Waals surface area contributed by atoms with Crippen LogP contribution >= 0.6 is 0 Å². The molecule has 0 radical (unpaired) electrons. The second kappa shape index (κ2) is 19.1. The fourth-order valence-electron chi connectivity index (χ4n) is 9.69. The molecule has 6 aromatic rings. The normalized spacial score (nSPS) is 21.7. The van der Waals surface area contributed by atoms with Crippen molar-refractivity contribution in [3.05, 3.63) is 126 Å². The molecule has 2 amide bonds. The minimum atomic E-state index is -1.40. The van der Waals surface area contributed by atoms with Crippen molar-refractivity contribution < 1.29 is 46.1 Å². The van der Waals surface area contributed by atoms with Crippen LogP contribution in [-0.2, 0) is 29.1 Å². The molecule has 0 spiro atoms. The Bertz CT molecular complexity index is 2720. The molecule has 0 bridgehead atoms. The summed E-state index contributed by atoms with van der Waals surface area (Å²) in [5.74, 6) is -1.26. The number of hydrogen-bond acceptors (Lipinski definition) is 10. The van der Waals surface area contributed by atoms with E-state index >= 15 is 8.78 Å². The van der Waals surface area contributed by atoms with Gasteiger partial charge >= 0.3 is 18.2 Å². The molecule has 0 saturated carbocycles. The van der Waals surface area contributed by atoms with Crippen molar-refractivity contribution in [1.29, 1.82) is 0 Å². The third-order valence-corrected chi connectivity index (χ3v) is 12.7. The monoisotopic (exact) mass is 906 g/mol. The molecule has 66 heavy (non-hydrogen) atoms. The Labute approximate surface area is 379 Å². The summed E-state index contributed by atoms with van der Waals surface area (Å²) in [5.41, 5.74) is 0.773. The maximum absolute atomic E-state index is 17.1.